The summed E-state index contributed by atoms with van der Waals surface area (Å²) in [4.78, 5) is 23.2. The summed E-state index contributed by atoms with van der Waals surface area (Å²) in [5.74, 6) is -1.56. The Morgan fingerprint density at radius 1 is 1.10 bits per heavy atom. The molecule has 0 saturated heterocycles. The molecule has 1 aliphatic rings. The fourth-order valence-corrected chi connectivity index (χ4v) is 2.04. The number of halogens is 2. The summed E-state index contributed by atoms with van der Waals surface area (Å²) in [5.41, 5.74) is 6.38. The van der Waals surface area contributed by atoms with Gasteiger partial charge in [0.05, 0.1) is 10.0 Å². The van der Waals surface area contributed by atoms with Gasteiger partial charge in [0.1, 0.15) is 0 Å². The summed E-state index contributed by atoms with van der Waals surface area (Å²) in [5, 5.41) is 3.11. The second kappa shape index (κ2) is 6.63. The lowest BCUT2D eigenvalue weighted by atomic mass is 10.3. The van der Waals surface area contributed by atoms with E-state index in [4.69, 9.17) is 23.2 Å². The third-order valence-electron chi connectivity index (χ3n) is 2.76. The number of nitrogens with one attached hydrogen (secondary N) is 3. The van der Waals surface area contributed by atoms with Gasteiger partial charge in [0.25, 0.3) is 0 Å². The molecule has 0 unspecified atom stereocenters. The zero-order valence-electron chi connectivity index (χ0n) is 10.5. The molecular weight excluding hydrogens is 301 g/mol. The van der Waals surface area contributed by atoms with Gasteiger partial charge in [-0.1, -0.05) is 29.3 Å². The van der Waals surface area contributed by atoms with Crippen LogP contribution in [0.1, 0.15) is 19.3 Å². The first kappa shape index (κ1) is 14.7. The Labute approximate surface area is 126 Å². The van der Waals surface area contributed by atoms with Crippen LogP contribution in [0.5, 0.6) is 0 Å². The van der Waals surface area contributed by atoms with Crippen molar-refractivity contribution in [3.05, 3.63) is 40.0 Å². The van der Waals surface area contributed by atoms with Crippen LogP contribution in [0.25, 0.3) is 0 Å². The molecule has 0 heterocycles. The maximum Gasteiger partial charge on any atom is 0.327 e. The van der Waals surface area contributed by atoms with Crippen molar-refractivity contribution in [1.82, 2.24) is 10.9 Å². The number of hydrogen-bond acceptors (Lipinski definition) is 3. The molecule has 5 nitrogen and oxygen atoms in total. The number of rotatable bonds is 3. The molecule has 0 aromatic heterocycles. The Balaban J connectivity index is 1.86. The summed E-state index contributed by atoms with van der Waals surface area (Å²) in [7, 11) is 0. The normalized spacial score (nSPS) is 13.6. The predicted octanol–water partition coefficient (Wildman–Crippen LogP) is 2.62. The number of benzene rings is 1. The summed E-state index contributed by atoms with van der Waals surface area (Å²) in [6.45, 7) is 0. The number of allylic oxidation sites excluding steroid dienone is 2. The fraction of sp³-hybridized carbons (Fsp3) is 0.231. The molecule has 20 heavy (non-hydrogen) atoms. The van der Waals surface area contributed by atoms with E-state index in [0.717, 1.165) is 25.0 Å². The highest BCUT2D eigenvalue weighted by atomic mass is 35.5. The molecule has 2 amide bonds. The van der Waals surface area contributed by atoms with Gasteiger partial charge in [-0.05, 0) is 37.5 Å². The summed E-state index contributed by atoms with van der Waals surface area (Å²) >= 11 is 11.6. The first-order valence-corrected chi connectivity index (χ1v) is 6.83. The Bertz CT molecular complexity index is 573. The minimum absolute atomic E-state index is 0.305. The van der Waals surface area contributed by atoms with Gasteiger partial charge in [-0.15, -0.1) is 0 Å². The number of anilines is 1. The van der Waals surface area contributed by atoms with E-state index in [0.29, 0.717) is 15.7 Å². The van der Waals surface area contributed by atoms with Gasteiger partial charge in [-0.2, -0.15) is 0 Å². The van der Waals surface area contributed by atoms with Gasteiger partial charge in [0.2, 0.25) is 0 Å². The molecule has 0 fully saturated rings. The zero-order valence-corrected chi connectivity index (χ0v) is 12.0. The Morgan fingerprint density at radius 3 is 2.55 bits per heavy atom. The van der Waals surface area contributed by atoms with Gasteiger partial charge in [0.15, 0.2) is 0 Å². The molecule has 7 heteroatoms. The molecule has 0 atom stereocenters. The lowest BCUT2D eigenvalue weighted by Crippen LogP contribution is -2.43. The van der Waals surface area contributed by atoms with Crippen LogP contribution in [0.3, 0.4) is 0 Å². The predicted molar refractivity (Wildman–Crippen MR) is 78.3 cm³/mol. The van der Waals surface area contributed by atoms with Crippen molar-refractivity contribution in [1.29, 1.82) is 0 Å². The quantitative estimate of drug-likeness (QED) is 0.593. The Hall–Kier alpha value is -1.72. The molecule has 3 N–H and O–H groups in total. The van der Waals surface area contributed by atoms with Crippen LogP contribution in [0.15, 0.2) is 30.0 Å². The molecule has 0 saturated carbocycles. The molecule has 1 aromatic carbocycles. The van der Waals surface area contributed by atoms with Crippen LogP contribution >= 0.6 is 23.2 Å². The smallest absolute Gasteiger partial charge is 0.318 e. The third kappa shape index (κ3) is 3.88. The van der Waals surface area contributed by atoms with Crippen molar-refractivity contribution < 1.29 is 9.59 Å². The molecule has 2 rings (SSSR count). The maximum atomic E-state index is 11.7. The summed E-state index contributed by atoms with van der Waals surface area (Å²) in [6, 6.07) is 4.58. The largest absolute Gasteiger partial charge is 0.327 e. The average molecular weight is 314 g/mol. The van der Waals surface area contributed by atoms with Crippen molar-refractivity contribution in [3.8, 4) is 0 Å². The third-order valence-corrected chi connectivity index (χ3v) is 3.50. The van der Waals surface area contributed by atoms with Gasteiger partial charge < -0.3 is 10.7 Å². The van der Waals surface area contributed by atoms with E-state index in [1.807, 2.05) is 6.08 Å². The van der Waals surface area contributed by atoms with Crippen LogP contribution in [0.4, 0.5) is 5.69 Å². The number of carbonyl (C=O) groups excluding carboxylic acids is 2. The fourth-order valence-electron chi connectivity index (χ4n) is 1.74. The van der Waals surface area contributed by atoms with E-state index in [1.54, 1.807) is 12.1 Å². The van der Waals surface area contributed by atoms with Crippen molar-refractivity contribution >= 4 is 40.7 Å². The molecule has 0 bridgehead atoms. The lowest BCUT2D eigenvalue weighted by molar-refractivity contribution is -0.136. The van der Waals surface area contributed by atoms with Gasteiger partial charge in [-0.3, -0.25) is 15.0 Å². The lowest BCUT2D eigenvalue weighted by Gasteiger charge is -2.09. The van der Waals surface area contributed by atoms with Gasteiger partial charge in [-0.25, -0.2) is 0 Å². The number of carbonyl (C=O) groups is 2. The van der Waals surface area contributed by atoms with Crippen LogP contribution in [-0.2, 0) is 9.59 Å². The van der Waals surface area contributed by atoms with Gasteiger partial charge in [0, 0.05) is 11.4 Å². The average Bonchev–Trinajstić information content (AvgIpc) is 2.93. The number of amides is 2. The van der Waals surface area contributed by atoms with E-state index in [2.05, 4.69) is 16.2 Å². The van der Waals surface area contributed by atoms with Crippen LogP contribution in [-0.4, -0.2) is 11.8 Å². The molecule has 106 valence electrons. The minimum Gasteiger partial charge on any atom is -0.318 e. The summed E-state index contributed by atoms with van der Waals surface area (Å²) < 4.78 is 0. The molecule has 1 aromatic rings. The van der Waals surface area contributed by atoms with Crippen molar-refractivity contribution in [2.75, 3.05) is 5.32 Å². The van der Waals surface area contributed by atoms with Crippen LogP contribution < -0.4 is 16.2 Å². The first-order chi connectivity index (χ1) is 9.56. The standard InChI is InChI=1S/C13H13Cl2N3O2/c14-10-6-5-9(7-11(10)15)16-12(19)13(20)18-17-8-3-1-2-4-8/h3,5-7,17H,1-2,4H2,(H,16,19)(H,18,20). The van der Waals surface area contributed by atoms with E-state index < -0.39 is 11.8 Å². The van der Waals surface area contributed by atoms with E-state index >= 15 is 0 Å². The molecule has 0 aliphatic heterocycles. The minimum atomic E-state index is -0.783. The monoisotopic (exact) mass is 313 g/mol. The highest BCUT2D eigenvalue weighted by Gasteiger charge is 2.15. The number of hydrogen-bond donors (Lipinski definition) is 3. The molecule has 0 spiro atoms. The van der Waals surface area contributed by atoms with Crippen molar-refractivity contribution in [2.45, 2.75) is 19.3 Å². The van der Waals surface area contributed by atoms with Crippen LogP contribution in [0.2, 0.25) is 10.0 Å². The maximum absolute atomic E-state index is 11.7. The highest BCUT2D eigenvalue weighted by Crippen LogP contribution is 2.24. The van der Waals surface area contributed by atoms with Crippen molar-refractivity contribution in [2.24, 2.45) is 0 Å². The topological polar surface area (TPSA) is 70.2 Å². The van der Waals surface area contributed by atoms with E-state index in [1.165, 1.54) is 6.07 Å². The molecular formula is C13H13Cl2N3O2. The van der Waals surface area contributed by atoms with Crippen molar-refractivity contribution in [3.63, 3.8) is 0 Å². The first-order valence-electron chi connectivity index (χ1n) is 6.07. The number of hydrazine groups is 1. The Kier molecular flexibility index (Phi) is 4.87. The van der Waals surface area contributed by atoms with Gasteiger partial charge >= 0.3 is 11.8 Å². The second-order valence-corrected chi connectivity index (χ2v) is 5.10. The SMILES string of the molecule is O=C(NNC1=CCCC1)C(=O)Nc1ccc(Cl)c(Cl)c1. The van der Waals surface area contributed by atoms with E-state index in [9.17, 15) is 9.59 Å². The highest BCUT2D eigenvalue weighted by molar-refractivity contribution is 6.42. The van der Waals surface area contributed by atoms with E-state index in [-0.39, 0.29) is 0 Å². The summed E-state index contributed by atoms with van der Waals surface area (Å²) in [6.07, 6.45) is 4.88. The zero-order chi connectivity index (χ0) is 14.5. The molecule has 1 aliphatic carbocycles. The second-order valence-electron chi connectivity index (χ2n) is 4.28. The Morgan fingerprint density at radius 2 is 1.90 bits per heavy atom. The van der Waals surface area contributed by atoms with Crippen LogP contribution in [0, 0.1) is 0 Å². The molecule has 0 radical (unpaired) electrons.